The summed E-state index contributed by atoms with van der Waals surface area (Å²) in [4.78, 5) is 24.0. The number of carbonyl (C=O) groups is 2. The summed E-state index contributed by atoms with van der Waals surface area (Å²) in [5.74, 6) is -0.325. The molecule has 0 saturated heterocycles. The van der Waals surface area contributed by atoms with Crippen molar-refractivity contribution in [3.63, 3.8) is 0 Å². The van der Waals surface area contributed by atoms with Crippen LogP contribution in [0.3, 0.4) is 0 Å². The van der Waals surface area contributed by atoms with Gasteiger partial charge in [-0.2, -0.15) is 0 Å². The van der Waals surface area contributed by atoms with Gasteiger partial charge in [-0.3, -0.25) is 20.4 Å². The molecule has 0 bridgehead atoms. The number of halogens is 1. The summed E-state index contributed by atoms with van der Waals surface area (Å²) in [6.07, 6.45) is 5.86. The number of nitrogens with zero attached hydrogens (tertiary/aromatic N) is 3. The highest BCUT2D eigenvalue weighted by atomic mass is 32.2. The number of benzene rings is 1. The highest BCUT2D eigenvalue weighted by Gasteiger charge is 2.21. The first-order chi connectivity index (χ1) is 13.0. The molecule has 0 atom stereocenters. The average molecular weight is 391 g/mol. The predicted octanol–water partition coefficient (Wildman–Crippen LogP) is 2.78. The van der Waals surface area contributed by atoms with E-state index in [4.69, 9.17) is 0 Å². The Labute approximate surface area is 161 Å². The van der Waals surface area contributed by atoms with E-state index in [-0.39, 0.29) is 17.2 Å². The third-order valence-corrected chi connectivity index (χ3v) is 5.47. The minimum Gasteiger partial charge on any atom is -0.303 e. The molecule has 1 saturated carbocycles. The Morgan fingerprint density at radius 1 is 1.15 bits per heavy atom. The predicted molar refractivity (Wildman–Crippen MR) is 99.6 cm³/mol. The van der Waals surface area contributed by atoms with Crippen molar-refractivity contribution in [2.45, 2.75) is 50.2 Å². The number of aryl methyl sites for hydroxylation is 1. The Balaban J connectivity index is 1.51. The molecule has 1 heterocycles. The minimum absolute atomic E-state index is 0.106. The van der Waals surface area contributed by atoms with Gasteiger partial charge in [0.15, 0.2) is 5.16 Å². The van der Waals surface area contributed by atoms with Crippen LogP contribution >= 0.6 is 11.8 Å². The highest BCUT2D eigenvalue weighted by molar-refractivity contribution is 7.99. The van der Waals surface area contributed by atoms with Crippen LogP contribution in [0.25, 0.3) is 0 Å². The minimum atomic E-state index is -0.505. The number of amides is 2. The normalized spacial score (nSPS) is 14.7. The van der Waals surface area contributed by atoms with Crippen LogP contribution < -0.4 is 10.9 Å². The van der Waals surface area contributed by atoms with Crippen LogP contribution in [0.15, 0.2) is 29.4 Å². The van der Waals surface area contributed by atoms with Crippen molar-refractivity contribution in [1.82, 2.24) is 25.6 Å². The number of hydrogen-bond acceptors (Lipinski definition) is 5. The molecule has 1 aromatic carbocycles. The van der Waals surface area contributed by atoms with Crippen molar-refractivity contribution in [3.05, 3.63) is 41.5 Å². The standard InChI is InChI=1S/C18H22FN5O2S/c1-12-20-23-18(24(12)15-5-3-2-4-6-15)27-11-16(25)21-22-17(26)13-7-9-14(19)10-8-13/h7-10,15H,2-6,11H2,1H3,(H,21,25)(H,22,26). The molecule has 0 aliphatic heterocycles. The van der Waals surface area contributed by atoms with Gasteiger partial charge in [0.2, 0.25) is 5.91 Å². The number of rotatable bonds is 5. The zero-order valence-corrected chi connectivity index (χ0v) is 15.9. The molecule has 3 rings (SSSR count). The van der Waals surface area contributed by atoms with Gasteiger partial charge in [0, 0.05) is 11.6 Å². The molecule has 1 aliphatic carbocycles. The first-order valence-corrected chi connectivity index (χ1v) is 9.92. The van der Waals surface area contributed by atoms with E-state index in [0.717, 1.165) is 23.8 Å². The van der Waals surface area contributed by atoms with Crippen LogP contribution in [-0.2, 0) is 4.79 Å². The topological polar surface area (TPSA) is 88.9 Å². The molecule has 144 valence electrons. The third kappa shape index (κ3) is 5.06. The number of thioether (sulfide) groups is 1. The lowest BCUT2D eigenvalue weighted by Crippen LogP contribution is -2.42. The van der Waals surface area contributed by atoms with Crippen molar-refractivity contribution in [2.75, 3.05) is 5.75 Å². The second kappa shape index (κ2) is 8.98. The van der Waals surface area contributed by atoms with E-state index in [0.29, 0.717) is 6.04 Å². The average Bonchev–Trinajstić information content (AvgIpc) is 3.06. The maximum absolute atomic E-state index is 12.9. The van der Waals surface area contributed by atoms with Crippen molar-refractivity contribution in [1.29, 1.82) is 0 Å². The Morgan fingerprint density at radius 2 is 1.85 bits per heavy atom. The molecule has 2 aromatic rings. The second-order valence-electron chi connectivity index (χ2n) is 6.49. The quantitative estimate of drug-likeness (QED) is 0.604. The van der Waals surface area contributed by atoms with E-state index in [1.807, 2.05) is 6.92 Å². The van der Waals surface area contributed by atoms with Crippen LogP contribution in [0, 0.1) is 12.7 Å². The molecule has 1 fully saturated rings. The molecule has 2 amide bonds. The highest BCUT2D eigenvalue weighted by Crippen LogP contribution is 2.32. The van der Waals surface area contributed by atoms with Gasteiger partial charge in [-0.15, -0.1) is 10.2 Å². The summed E-state index contributed by atoms with van der Waals surface area (Å²) < 4.78 is 15.0. The Morgan fingerprint density at radius 3 is 2.56 bits per heavy atom. The first-order valence-electron chi connectivity index (χ1n) is 8.93. The molecule has 0 unspecified atom stereocenters. The molecular weight excluding hydrogens is 369 g/mol. The molecule has 9 heteroatoms. The van der Waals surface area contributed by atoms with E-state index in [2.05, 4.69) is 25.6 Å². The Kier molecular flexibility index (Phi) is 6.44. The Hall–Kier alpha value is -2.42. The van der Waals surface area contributed by atoms with Crippen LogP contribution in [0.2, 0.25) is 0 Å². The van der Waals surface area contributed by atoms with Gasteiger partial charge in [0.05, 0.1) is 5.75 Å². The van der Waals surface area contributed by atoms with Crippen LogP contribution in [-0.4, -0.2) is 32.3 Å². The molecule has 0 radical (unpaired) electrons. The summed E-state index contributed by atoms with van der Waals surface area (Å²) in [7, 11) is 0. The summed E-state index contributed by atoms with van der Waals surface area (Å²) in [6.45, 7) is 1.93. The van der Waals surface area contributed by atoms with Gasteiger partial charge in [-0.05, 0) is 44.0 Å². The van der Waals surface area contributed by atoms with E-state index >= 15 is 0 Å². The molecule has 27 heavy (non-hydrogen) atoms. The van der Waals surface area contributed by atoms with Gasteiger partial charge in [-0.25, -0.2) is 4.39 Å². The van der Waals surface area contributed by atoms with E-state index in [1.54, 1.807) is 0 Å². The van der Waals surface area contributed by atoms with E-state index < -0.39 is 11.7 Å². The number of aromatic nitrogens is 3. The first kappa shape index (κ1) is 19.3. The number of hydrogen-bond donors (Lipinski definition) is 2. The number of carbonyl (C=O) groups excluding carboxylic acids is 2. The summed E-state index contributed by atoms with van der Waals surface area (Å²) >= 11 is 1.30. The SMILES string of the molecule is Cc1nnc(SCC(=O)NNC(=O)c2ccc(F)cc2)n1C1CCCCC1. The largest absolute Gasteiger partial charge is 0.303 e. The maximum Gasteiger partial charge on any atom is 0.269 e. The van der Waals surface area contributed by atoms with E-state index in [1.165, 1.54) is 55.3 Å². The smallest absolute Gasteiger partial charge is 0.269 e. The summed E-state index contributed by atoms with van der Waals surface area (Å²) in [5.41, 5.74) is 4.94. The zero-order chi connectivity index (χ0) is 19.2. The lowest BCUT2D eigenvalue weighted by Gasteiger charge is -2.24. The van der Waals surface area contributed by atoms with Crippen LogP contribution in [0.4, 0.5) is 4.39 Å². The van der Waals surface area contributed by atoms with E-state index in [9.17, 15) is 14.0 Å². The molecule has 1 aliphatic rings. The van der Waals surface area contributed by atoms with Crippen molar-refractivity contribution in [2.24, 2.45) is 0 Å². The number of hydrazine groups is 1. The third-order valence-electron chi connectivity index (χ3n) is 4.53. The van der Waals surface area contributed by atoms with Gasteiger partial charge in [0.1, 0.15) is 11.6 Å². The van der Waals surface area contributed by atoms with Crippen molar-refractivity contribution >= 4 is 23.6 Å². The fourth-order valence-electron chi connectivity index (χ4n) is 3.17. The van der Waals surface area contributed by atoms with Gasteiger partial charge in [-0.1, -0.05) is 31.0 Å². The summed E-state index contributed by atoms with van der Waals surface area (Å²) in [6, 6.07) is 5.46. The van der Waals surface area contributed by atoms with Crippen LogP contribution in [0.5, 0.6) is 0 Å². The second-order valence-corrected chi connectivity index (χ2v) is 7.43. The fraction of sp³-hybridized carbons (Fsp3) is 0.444. The van der Waals surface area contributed by atoms with Crippen molar-refractivity contribution < 1.29 is 14.0 Å². The fourth-order valence-corrected chi connectivity index (χ4v) is 4.03. The molecule has 7 nitrogen and oxygen atoms in total. The van der Waals surface area contributed by atoms with Gasteiger partial charge < -0.3 is 4.57 Å². The molecule has 0 spiro atoms. The lowest BCUT2D eigenvalue weighted by atomic mass is 9.95. The van der Waals surface area contributed by atoms with Crippen LogP contribution in [0.1, 0.15) is 54.3 Å². The van der Waals surface area contributed by atoms with Gasteiger partial charge in [0.25, 0.3) is 5.91 Å². The molecular formula is C18H22FN5O2S. The zero-order valence-electron chi connectivity index (χ0n) is 15.1. The number of nitrogens with one attached hydrogen (secondary N) is 2. The Bertz CT molecular complexity index is 803. The summed E-state index contributed by atoms with van der Waals surface area (Å²) in [5, 5.41) is 9.06. The lowest BCUT2D eigenvalue weighted by molar-refractivity contribution is -0.119. The van der Waals surface area contributed by atoms with Crippen molar-refractivity contribution in [3.8, 4) is 0 Å². The monoisotopic (exact) mass is 391 g/mol. The molecule has 1 aromatic heterocycles. The maximum atomic E-state index is 12.9. The molecule has 2 N–H and O–H groups in total. The van der Waals surface area contributed by atoms with Gasteiger partial charge >= 0.3 is 0 Å².